The fourth-order valence-corrected chi connectivity index (χ4v) is 1.05. The monoisotopic (exact) mass is 197 g/mol. The third-order valence-corrected chi connectivity index (χ3v) is 1.90. The molecule has 0 spiro atoms. The Kier molecular flexibility index (Phi) is 3.06. The molecule has 0 saturated heterocycles. The van der Waals surface area contributed by atoms with Crippen LogP contribution in [0.5, 0.6) is 5.75 Å². The number of aromatic hydroxyl groups is 1. The molecule has 0 aliphatic rings. The number of aliphatic hydroxyl groups is 1. The van der Waals surface area contributed by atoms with Gasteiger partial charge in [-0.1, -0.05) is 12.1 Å². The molecule has 0 radical (unpaired) electrons. The largest absolute Gasteiger partial charge is 0.508 e. The molecule has 0 aliphatic carbocycles. The van der Waals surface area contributed by atoms with Crippen molar-refractivity contribution in [2.45, 2.75) is 12.6 Å². The highest BCUT2D eigenvalue weighted by Gasteiger charge is 2.15. The van der Waals surface area contributed by atoms with Crippen molar-refractivity contribution in [1.82, 2.24) is 0 Å². The molecule has 1 aromatic carbocycles. The fourth-order valence-electron chi connectivity index (χ4n) is 1.05. The van der Waals surface area contributed by atoms with Gasteiger partial charge >= 0.3 is 5.97 Å². The topological polar surface area (TPSA) is 104 Å². The molecule has 0 saturated carbocycles. The van der Waals surface area contributed by atoms with Gasteiger partial charge in [-0.05, 0) is 11.6 Å². The maximum Gasteiger partial charge on any atom is 0.325 e. The molecule has 0 unspecified atom stereocenters. The SMILES string of the molecule is N[C@H](C(=O)O)c1ccc(CO)c(O)c1. The van der Waals surface area contributed by atoms with Crippen LogP contribution in [0.3, 0.4) is 0 Å². The average molecular weight is 197 g/mol. The van der Waals surface area contributed by atoms with Crippen LogP contribution in [0.4, 0.5) is 0 Å². The van der Waals surface area contributed by atoms with E-state index >= 15 is 0 Å². The molecule has 76 valence electrons. The molecule has 0 heterocycles. The predicted molar refractivity (Wildman–Crippen MR) is 48.6 cm³/mol. The average Bonchev–Trinajstić information content (AvgIpc) is 2.16. The molecule has 1 aromatic rings. The number of aliphatic carboxylic acids is 1. The minimum Gasteiger partial charge on any atom is -0.508 e. The van der Waals surface area contributed by atoms with Gasteiger partial charge in [0.15, 0.2) is 0 Å². The van der Waals surface area contributed by atoms with E-state index in [1.165, 1.54) is 18.2 Å². The number of aliphatic hydroxyl groups excluding tert-OH is 1. The van der Waals surface area contributed by atoms with Gasteiger partial charge in [0.1, 0.15) is 11.8 Å². The molecule has 0 amide bonds. The Morgan fingerprint density at radius 3 is 2.57 bits per heavy atom. The first kappa shape index (κ1) is 10.5. The van der Waals surface area contributed by atoms with Gasteiger partial charge in [-0.25, -0.2) is 0 Å². The number of hydrogen-bond acceptors (Lipinski definition) is 4. The number of hydrogen-bond donors (Lipinski definition) is 4. The van der Waals surface area contributed by atoms with E-state index < -0.39 is 12.0 Å². The quantitative estimate of drug-likeness (QED) is 0.544. The summed E-state index contributed by atoms with van der Waals surface area (Å²) >= 11 is 0. The number of benzene rings is 1. The van der Waals surface area contributed by atoms with Gasteiger partial charge in [0.25, 0.3) is 0 Å². The Bertz CT molecular complexity index is 351. The molecule has 5 nitrogen and oxygen atoms in total. The van der Waals surface area contributed by atoms with Crippen molar-refractivity contribution in [1.29, 1.82) is 0 Å². The first-order chi connectivity index (χ1) is 6.56. The van der Waals surface area contributed by atoms with Crippen LogP contribution in [0.25, 0.3) is 0 Å². The normalized spacial score (nSPS) is 12.4. The molecule has 0 fully saturated rings. The second kappa shape index (κ2) is 4.08. The first-order valence-electron chi connectivity index (χ1n) is 3.97. The minimum atomic E-state index is -1.17. The van der Waals surface area contributed by atoms with E-state index in [1.807, 2.05) is 0 Å². The lowest BCUT2D eigenvalue weighted by Crippen LogP contribution is -2.20. The molecule has 5 N–H and O–H groups in total. The van der Waals surface area contributed by atoms with Crippen molar-refractivity contribution in [2.75, 3.05) is 0 Å². The molecule has 14 heavy (non-hydrogen) atoms. The van der Waals surface area contributed by atoms with E-state index in [-0.39, 0.29) is 12.4 Å². The van der Waals surface area contributed by atoms with Crippen molar-refractivity contribution < 1.29 is 20.1 Å². The van der Waals surface area contributed by atoms with Crippen LogP contribution in [-0.2, 0) is 11.4 Å². The maximum absolute atomic E-state index is 10.5. The van der Waals surface area contributed by atoms with Crippen molar-refractivity contribution in [3.05, 3.63) is 29.3 Å². The second-order valence-electron chi connectivity index (χ2n) is 2.86. The Labute approximate surface area is 80.4 Å². The smallest absolute Gasteiger partial charge is 0.325 e. The molecule has 5 heteroatoms. The molecule has 1 rings (SSSR count). The van der Waals surface area contributed by atoms with E-state index in [0.29, 0.717) is 11.1 Å². The second-order valence-corrected chi connectivity index (χ2v) is 2.86. The van der Waals surface area contributed by atoms with E-state index in [9.17, 15) is 9.90 Å². The summed E-state index contributed by atoms with van der Waals surface area (Å²) in [6, 6.07) is 2.98. The molecular weight excluding hydrogens is 186 g/mol. The lowest BCUT2D eigenvalue weighted by atomic mass is 10.0. The third-order valence-electron chi connectivity index (χ3n) is 1.90. The predicted octanol–water partition coefficient (Wildman–Crippen LogP) is -0.0311. The molecule has 0 aliphatic heterocycles. The Morgan fingerprint density at radius 2 is 2.14 bits per heavy atom. The zero-order valence-electron chi connectivity index (χ0n) is 7.34. The Morgan fingerprint density at radius 1 is 1.50 bits per heavy atom. The summed E-state index contributed by atoms with van der Waals surface area (Å²) in [7, 11) is 0. The first-order valence-corrected chi connectivity index (χ1v) is 3.97. The van der Waals surface area contributed by atoms with Crippen LogP contribution in [0, 0.1) is 0 Å². The number of carbonyl (C=O) groups is 1. The number of phenols is 1. The number of rotatable bonds is 3. The third kappa shape index (κ3) is 2.01. The lowest BCUT2D eigenvalue weighted by molar-refractivity contribution is -0.138. The summed E-state index contributed by atoms with van der Waals surface area (Å²) in [6.07, 6.45) is 0. The van der Waals surface area contributed by atoms with Crippen LogP contribution in [0.1, 0.15) is 17.2 Å². The van der Waals surface area contributed by atoms with Gasteiger partial charge in [0.2, 0.25) is 0 Å². The van der Waals surface area contributed by atoms with Crippen LogP contribution in [0.2, 0.25) is 0 Å². The zero-order chi connectivity index (χ0) is 10.7. The summed E-state index contributed by atoms with van der Waals surface area (Å²) < 4.78 is 0. The Balaban J connectivity index is 3.02. The number of carboxylic acid groups (broad SMARTS) is 1. The van der Waals surface area contributed by atoms with Gasteiger partial charge in [-0.15, -0.1) is 0 Å². The molecule has 0 bridgehead atoms. The fraction of sp³-hybridized carbons (Fsp3) is 0.222. The van der Waals surface area contributed by atoms with Crippen molar-refractivity contribution in [2.24, 2.45) is 5.73 Å². The van der Waals surface area contributed by atoms with Crippen LogP contribution in [-0.4, -0.2) is 21.3 Å². The van der Waals surface area contributed by atoms with Gasteiger partial charge in [0.05, 0.1) is 6.61 Å². The minimum absolute atomic E-state index is 0.151. The van der Waals surface area contributed by atoms with Crippen LogP contribution in [0.15, 0.2) is 18.2 Å². The highest BCUT2D eigenvalue weighted by Crippen LogP contribution is 2.21. The van der Waals surface area contributed by atoms with Gasteiger partial charge in [-0.2, -0.15) is 0 Å². The molecule has 0 aromatic heterocycles. The van der Waals surface area contributed by atoms with Gasteiger partial charge in [0, 0.05) is 5.56 Å². The summed E-state index contributed by atoms with van der Waals surface area (Å²) in [6.45, 7) is -0.297. The van der Waals surface area contributed by atoms with Gasteiger partial charge in [-0.3, -0.25) is 4.79 Å². The van der Waals surface area contributed by atoms with E-state index in [1.54, 1.807) is 0 Å². The molecular formula is C9H11NO4. The summed E-state index contributed by atoms with van der Waals surface area (Å²) in [4.78, 5) is 10.5. The zero-order valence-corrected chi connectivity index (χ0v) is 7.34. The van der Waals surface area contributed by atoms with Crippen LogP contribution < -0.4 is 5.73 Å². The van der Waals surface area contributed by atoms with E-state index in [4.69, 9.17) is 15.9 Å². The van der Waals surface area contributed by atoms with E-state index in [0.717, 1.165) is 0 Å². The standard InChI is InChI=1S/C9H11NO4/c10-8(9(13)14)5-1-2-6(4-11)7(12)3-5/h1-3,8,11-12H,4,10H2,(H,13,14)/t8-/m0/s1. The number of nitrogens with two attached hydrogens (primary N) is 1. The van der Waals surface area contributed by atoms with Crippen molar-refractivity contribution in [3.63, 3.8) is 0 Å². The van der Waals surface area contributed by atoms with Crippen LogP contribution >= 0.6 is 0 Å². The van der Waals surface area contributed by atoms with Gasteiger partial charge < -0.3 is 21.1 Å². The highest BCUT2D eigenvalue weighted by atomic mass is 16.4. The number of carboxylic acids is 1. The summed E-state index contributed by atoms with van der Waals surface area (Å²) in [5.74, 6) is -1.32. The maximum atomic E-state index is 10.5. The van der Waals surface area contributed by atoms with Crippen molar-refractivity contribution >= 4 is 5.97 Å². The highest BCUT2D eigenvalue weighted by molar-refractivity contribution is 5.75. The van der Waals surface area contributed by atoms with Crippen molar-refractivity contribution in [3.8, 4) is 5.75 Å². The molecule has 1 atom stereocenters. The van der Waals surface area contributed by atoms with E-state index in [2.05, 4.69) is 0 Å². The lowest BCUT2D eigenvalue weighted by Gasteiger charge is -2.08. The summed E-state index contributed by atoms with van der Waals surface area (Å²) in [5.41, 5.74) is 5.96. The summed E-state index contributed by atoms with van der Waals surface area (Å²) in [5, 5.41) is 26.7. The Hall–Kier alpha value is -1.59.